The SMILES string of the molecule is c1ccc(-c2ccc(-c3ccccc3)c3c2-c2cccc4c(-c5nc(-c6ccc(-c7ccc8c(c7)oc7ccccc78)cc6)nc(-n6c7ccccc7c7ccccc76)n5)ccc-3c24)cc1. The number of para-hydroxylation sites is 3. The zero-order valence-electron chi connectivity index (χ0n) is 35.5. The van der Waals surface area contributed by atoms with Crippen molar-refractivity contribution in [2.24, 2.45) is 0 Å². The number of furan rings is 1. The van der Waals surface area contributed by atoms with E-state index in [9.17, 15) is 0 Å². The van der Waals surface area contributed by atoms with E-state index in [4.69, 9.17) is 19.4 Å². The Kier molecular flexibility index (Phi) is 7.91. The van der Waals surface area contributed by atoms with Crippen LogP contribution in [0.15, 0.2) is 223 Å². The highest BCUT2D eigenvalue weighted by atomic mass is 16.3. The predicted molar refractivity (Wildman–Crippen MR) is 271 cm³/mol. The van der Waals surface area contributed by atoms with Gasteiger partial charge in [-0.25, -0.2) is 4.98 Å². The summed E-state index contributed by atoms with van der Waals surface area (Å²) in [6, 6.07) is 77.4. The summed E-state index contributed by atoms with van der Waals surface area (Å²) in [4.78, 5) is 16.1. The molecule has 10 aromatic carbocycles. The van der Waals surface area contributed by atoms with E-state index in [-0.39, 0.29) is 0 Å². The molecule has 0 N–H and O–H groups in total. The van der Waals surface area contributed by atoms with Gasteiger partial charge in [0.25, 0.3) is 0 Å². The smallest absolute Gasteiger partial charge is 0.238 e. The van der Waals surface area contributed by atoms with Gasteiger partial charge in [0.2, 0.25) is 5.95 Å². The highest BCUT2D eigenvalue weighted by Crippen LogP contribution is 2.55. The van der Waals surface area contributed by atoms with Crippen molar-refractivity contribution in [3.63, 3.8) is 0 Å². The largest absolute Gasteiger partial charge is 0.456 e. The van der Waals surface area contributed by atoms with Crippen LogP contribution >= 0.6 is 0 Å². The minimum atomic E-state index is 0.566. The van der Waals surface area contributed by atoms with E-state index >= 15 is 0 Å². The van der Waals surface area contributed by atoms with Crippen LogP contribution in [-0.2, 0) is 0 Å². The molecule has 0 aliphatic heterocycles. The van der Waals surface area contributed by atoms with Gasteiger partial charge in [0.05, 0.1) is 11.0 Å². The van der Waals surface area contributed by atoms with E-state index in [1.54, 1.807) is 0 Å². The van der Waals surface area contributed by atoms with Crippen LogP contribution in [0.5, 0.6) is 0 Å². The van der Waals surface area contributed by atoms with E-state index in [0.717, 1.165) is 71.4 Å². The Morgan fingerprint density at radius 1 is 0.303 bits per heavy atom. The van der Waals surface area contributed by atoms with Crippen LogP contribution in [0.4, 0.5) is 0 Å². The molecule has 5 heteroatoms. The van der Waals surface area contributed by atoms with Crippen LogP contribution < -0.4 is 0 Å². The highest BCUT2D eigenvalue weighted by molar-refractivity contribution is 6.23. The summed E-state index contributed by atoms with van der Waals surface area (Å²) in [6.07, 6.45) is 0. The molecule has 3 aromatic heterocycles. The van der Waals surface area contributed by atoms with Gasteiger partial charge in [0.15, 0.2) is 11.6 Å². The van der Waals surface area contributed by atoms with Gasteiger partial charge < -0.3 is 4.42 Å². The van der Waals surface area contributed by atoms with Gasteiger partial charge in [-0.2, -0.15) is 9.97 Å². The van der Waals surface area contributed by atoms with Gasteiger partial charge in [0, 0.05) is 32.7 Å². The molecule has 5 nitrogen and oxygen atoms in total. The molecule has 306 valence electrons. The second-order valence-corrected chi connectivity index (χ2v) is 17.1. The van der Waals surface area contributed by atoms with Gasteiger partial charge in [-0.1, -0.05) is 182 Å². The lowest BCUT2D eigenvalue weighted by Gasteiger charge is -2.15. The molecule has 1 aliphatic carbocycles. The zero-order chi connectivity index (χ0) is 43.3. The molecule has 3 heterocycles. The summed E-state index contributed by atoms with van der Waals surface area (Å²) < 4.78 is 8.45. The normalized spacial score (nSPS) is 11.9. The molecular weight excluding hydrogens is 805 g/mol. The predicted octanol–water partition coefficient (Wildman–Crippen LogP) is 16.0. The summed E-state index contributed by atoms with van der Waals surface area (Å²) in [6.45, 7) is 0. The number of hydrogen-bond acceptors (Lipinski definition) is 4. The van der Waals surface area contributed by atoms with E-state index in [1.807, 2.05) is 12.1 Å². The van der Waals surface area contributed by atoms with Gasteiger partial charge in [-0.05, 0) is 103 Å². The van der Waals surface area contributed by atoms with Crippen LogP contribution in [0.25, 0.3) is 139 Å². The molecule has 0 bridgehead atoms. The second kappa shape index (κ2) is 14.3. The number of rotatable bonds is 6. The first-order chi connectivity index (χ1) is 32.7. The molecule has 14 rings (SSSR count). The van der Waals surface area contributed by atoms with E-state index in [0.29, 0.717) is 17.6 Å². The molecule has 1 aliphatic rings. The standard InChI is InChI=1S/C61H36N4O/c1-3-14-38(15-4-1)42-32-33-43(39-16-5-2-6-17-39)58-51-35-34-49(48-21-13-22-50(56(48)51)57(42)58)60-62-59(63-61(64-60)65-52-23-10-7-18-44(52)45-19-8-11-24-53(45)65)40-28-26-37(27-29-40)41-30-31-47-46-20-9-12-25-54(46)66-55(47)36-41/h1-36H. The maximum atomic E-state index is 6.26. The van der Waals surface area contributed by atoms with Crippen molar-refractivity contribution in [1.82, 2.24) is 19.5 Å². The average molecular weight is 841 g/mol. The third kappa shape index (κ3) is 5.50. The van der Waals surface area contributed by atoms with E-state index < -0.39 is 0 Å². The first-order valence-electron chi connectivity index (χ1n) is 22.3. The molecule has 0 unspecified atom stereocenters. The molecule has 0 saturated heterocycles. The number of fused-ring (bicyclic) bond motifs is 9. The number of hydrogen-bond donors (Lipinski definition) is 0. The quantitative estimate of drug-likeness (QED) is 0.167. The topological polar surface area (TPSA) is 56.7 Å². The number of benzene rings is 10. The van der Waals surface area contributed by atoms with Crippen molar-refractivity contribution < 1.29 is 4.42 Å². The molecule has 66 heavy (non-hydrogen) atoms. The molecular formula is C61H36N4O. The van der Waals surface area contributed by atoms with Crippen LogP contribution in [0.3, 0.4) is 0 Å². The molecule has 0 amide bonds. The second-order valence-electron chi connectivity index (χ2n) is 17.1. The molecule has 0 fully saturated rings. The minimum absolute atomic E-state index is 0.566. The van der Waals surface area contributed by atoms with Crippen molar-refractivity contribution in [2.75, 3.05) is 0 Å². The molecule has 0 atom stereocenters. The molecule has 0 saturated carbocycles. The summed E-state index contributed by atoms with van der Waals surface area (Å²) in [5.74, 6) is 1.78. The molecule has 0 radical (unpaired) electrons. The third-order valence-corrected chi connectivity index (χ3v) is 13.5. The summed E-state index contributed by atoms with van der Waals surface area (Å²) >= 11 is 0. The monoisotopic (exact) mass is 840 g/mol. The average Bonchev–Trinajstić information content (AvgIpc) is 4.05. The maximum absolute atomic E-state index is 6.26. The highest BCUT2D eigenvalue weighted by Gasteiger charge is 2.29. The van der Waals surface area contributed by atoms with Crippen LogP contribution in [0, 0.1) is 0 Å². The molecule has 13 aromatic rings. The first kappa shape index (κ1) is 36.5. The van der Waals surface area contributed by atoms with Gasteiger partial charge >= 0.3 is 0 Å². The lowest BCUT2D eigenvalue weighted by molar-refractivity contribution is 0.669. The van der Waals surface area contributed by atoms with Crippen molar-refractivity contribution in [3.05, 3.63) is 218 Å². The fourth-order valence-corrected chi connectivity index (χ4v) is 10.5. The fraction of sp³-hybridized carbons (Fsp3) is 0. The Labute approximate surface area is 379 Å². The Morgan fingerprint density at radius 3 is 1.52 bits per heavy atom. The van der Waals surface area contributed by atoms with Gasteiger partial charge in [-0.15, -0.1) is 0 Å². The van der Waals surface area contributed by atoms with Crippen LogP contribution in [0.2, 0.25) is 0 Å². The first-order valence-corrected chi connectivity index (χ1v) is 22.3. The number of aromatic nitrogens is 4. The van der Waals surface area contributed by atoms with Crippen LogP contribution in [0.1, 0.15) is 0 Å². The number of nitrogens with zero attached hydrogens (tertiary/aromatic N) is 4. The van der Waals surface area contributed by atoms with Crippen molar-refractivity contribution in [2.45, 2.75) is 0 Å². The Balaban J connectivity index is 0.973. The van der Waals surface area contributed by atoms with E-state index in [2.05, 4.69) is 211 Å². The zero-order valence-corrected chi connectivity index (χ0v) is 35.5. The lowest BCUT2D eigenvalue weighted by Crippen LogP contribution is -2.06. The van der Waals surface area contributed by atoms with Crippen LogP contribution in [-0.4, -0.2) is 19.5 Å². The maximum Gasteiger partial charge on any atom is 0.238 e. The third-order valence-electron chi connectivity index (χ3n) is 13.5. The van der Waals surface area contributed by atoms with Gasteiger partial charge in [-0.3, -0.25) is 4.57 Å². The minimum Gasteiger partial charge on any atom is -0.456 e. The summed E-state index contributed by atoms with van der Waals surface area (Å²) in [5, 5.41) is 6.83. The van der Waals surface area contributed by atoms with Crippen molar-refractivity contribution in [1.29, 1.82) is 0 Å². The van der Waals surface area contributed by atoms with Crippen molar-refractivity contribution >= 4 is 54.5 Å². The van der Waals surface area contributed by atoms with E-state index in [1.165, 1.54) is 49.9 Å². The van der Waals surface area contributed by atoms with Crippen molar-refractivity contribution in [3.8, 4) is 84.4 Å². The fourth-order valence-electron chi connectivity index (χ4n) is 10.5. The summed E-state index contributed by atoms with van der Waals surface area (Å²) in [7, 11) is 0. The summed E-state index contributed by atoms with van der Waals surface area (Å²) in [5.41, 5.74) is 17.6. The Morgan fingerprint density at radius 2 is 0.818 bits per heavy atom. The lowest BCUT2D eigenvalue weighted by atomic mass is 9.88. The Bertz CT molecular complexity index is 3970. The Hall–Kier alpha value is -8.93. The molecule has 0 spiro atoms. The van der Waals surface area contributed by atoms with Gasteiger partial charge in [0.1, 0.15) is 11.2 Å².